The number of alkyl halides is 3. The van der Waals surface area contributed by atoms with Gasteiger partial charge in [0.25, 0.3) is 0 Å². The molecule has 0 saturated carbocycles. The topological polar surface area (TPSA) is 62.3 Å². The third-order valence-electron chi connectivity index (χ3n) is 4.23. The first-order valence-corrected chi connectivity index (χ1v) is 9.57. The van der Waals surface area contributed by atoms with Crippen molar-refractivity contribution in [2.75, 3.05) is 11.9 Å². The number of carbonyl (C=O) groups excluding carboxylic acids is 2. The highest BCUT2D eigenvalue weighted by atomic mass is 35.5. The lowest BCUT2D eigenvalue weighted by Gasteiger charge is -2.22. The SMILES string of the molecule is O=C(Nc1nccs1)C1CCCN1C(=O)C=Cc1cc(C(F)(F)F)ccc1Cl. The van der Waals surface area contributed by atoms with E-state index < -0.39 is 23.7 Å². The molecule has 1 fully saturated rings. The summed E-state index contributed by atoms with van der Waals surface area (Å²) < 4.78 is 38.5. The van der Waals surface area contributed by atoms with Gasteiger partial charge >= 0.3 is 6.18 Å². The van der Waals surface area contributed by atoms with Gasteiger partial charge in [0.05, 0.1) is 5.56 Å². The van der Waals surface area contributed by atoms with Crippen LogP contribution < -0.4 is 5.32 Å². The molecule has 1 aromatic carbocycles. The van der Waals surface area contributed by atoms with Crippen molar-refractivity contribution in [2.24, 2.45) is 0 Å². The molecule has 1 aliphatic heterocycles. The Bertz CT molecular complexity index is 900. The lowest BCUT2D eigenvalue weighted by molar-refractivity contribution is -0.137. The highest BCUT2D eigenvalue weighted by Gasteiger charge is 2.34. The zero-order chi connectivity index (χ0) is 20.3. The van der Waals surface area contributed by atoms with Crippen molar-refractivity contribution in [3.63, 3.8) is 0 Å². The molecule has 0 aliphatic carbocycles. The molecule has 3 rings (SSSR count). The first-order valence-electron chi connectivity index (χ1n) is 8.31. The van der Waals surface area contributed by atoms with Crippen molar-refractivity contribution in [3.8, 4) is 0 Å². The third-order valence-corrected chi connectivity index (χ3v) is 5.26. The predicted octanol–water partition coefficient (Wildman–Crippen LogP) is 4.46. The number of likely N-dealkylation sites (tertiary alicyclic amines) is 1. The van der Waals surface area contributed by atoms with Gasteiger partial charge in [0, 0.05) is 29.2 Å². The van der Waals surface area contributed by atoms with E-state index in [1.54, 1.807) is 11.6 Å². The van der Waals surface area contributed by atoms with Crippen LogP contribution in [0, 0.1) is 0 Å². The summed E-state index contributed by atoms with van der Waals surface area (Å²) in [5.74, 6) is -0.809. The van der Waals surface area contributed by atoms with E-state index in [9.17, 15) is 22.8 Å². The minimum Gasteiger partial charge on any atom is -0.327 e. The molecule has 28 heavy (non-hydrogen) atoms. The first kappa shape index (κ1) is 20.3. The molecule has 1 unspecified atom stereocenters. The zero-order valence-electron chi connectivity index (χ0n) is 14.4. The Labute approximate surface area is 167 Å². The van der Waals surface area contributed by atoms with E-state index in [1.807, 2.05) is 0 Å². The van der Waals surface area contributed by atoms with E-state index in [0.29, 0.717) is 24.5 Å². The number of benzene rings is 1. The molecule has 5 nitrogen and oxygen atoms in total. The summed E-state index contributed by atoms with van der Waals surface area (Å²) in [5.41, 5.74) is -0.779. The summed E-state index contributed by atoms with van der Waals surface area (Å²) in [4.78, 5) is 30.3. The molecule has 10 heteroatoms. The van der Waals surface area contributed by atoms with Crippen LogP contribution in [0.1, 0.15) is 24.0 Å². The summed E-state index contributed by atoms with van der Waals surface area (Å²) in [6, 6.07) is 2.23. The molecule has 0 radical (unpaired) electrons. The Morgan fingerprint density at radius 1 is 1.36 bits per heavy atom. The standard InChI is InChI=1S/C18H15ClF3N3O2S/c19-13-5-4-12(18(20,21)22)10-11(13)3-6-15(26)25-8-1-2-14(25)16(27)24-17-23-7-9-28-17/h3-7,9-10,14H,1-2,8H2,(H,23,24,27). The summed E-state index contributed by atoms with van der Waals surface area (Å²) in [7, 11) is 0. The molecule has 2 aromatic rings. The number of nitrogens with zero attached hydrogens (tertiary/aromatic N) is 2. The monoisotopic (exact) mass is 429 g/mol. The molecule has 1 atom stereocenters. The molecular formula is C18H15ClF3N3O2S. The summed E-state index contributed by atoms with van der Waals surface area (Å²) in [6.07, 6.45) is 0.565. The molecule has 0 spiro atoms. The second kappa shape index (κ2) is 8.32. The fourth-order valence-corrected chi connectivity index (χ4v) is 3.59. The average molecular weight is 430 g/mol. The number of halogens is 4. The van der Waals surface area contributed by atoms with Crippen molar-refractivity contribution < 1.29 is 22.8 Å². The van der Waals surface area contributed by atoms with Crippen LogP contribution in [0.3, 0.4) is 0 Å². The van der Waals surface area contributed by atoms with Crippen molar-refractivity contribution in [1.82, 2.24) is 9.88 Å². The van der Waals surface area contributed by atoms with Crippen molar-refractivity contribution in [3.05, 3.63) is 52.0 Å². The number of amides is 2. The van der Waals surface area contributed by atoms with Gasteiger partial charge in [-0.2, -0.15) is 13.2 Å². The van der Waals surface area contributed by atoms with Crippen LogP contribution in [0.2, 0.25) is 5.02 Å². The van der Waals surface area contributed by atoms with E-state index in [2.05, 4.69) is 10.3 Å². The van der Waals surface area contributed by atoms with Crippen LogP contribution >= 0.6 is 22.9 Å². The maximum Gasteiger partial charge on any atom is 0.416 e. The summed E-state index contributed by atoms with van der Waals surface area (Å²) >= 11 is 7.20. The van der Waals surface area contributed by atoms with Gasteiger partial charge in [0.1, 0.15) is 6.04 Å². The Balaban J connectivity index is 1.72. The van der Waals surface area contributed by atoms with Crippen molar-refractivity contribution in [1.29, 1.82) is 0 Å². The highest BCUT2D eigenvalue weighted by molar-refractivity contribution is 7.13. The summed E-state index contributed by atoms with van der Waals surface area (Å²) in [5, 5.41) is 4.91. The smallest absolute Gasteiger partial charge is 0.327 e. The van der Waals surface area contributed by atoms with Crippen molar-refractivity contribution >= 4 is 46.0 Å². The molecule has 2 amide bonds. The van der Waals surface area contributed by atoms with E-state index in [-0.39, 0.29) is 16.5 Å². The molecular weight excluding hydrogens is 415 g/mol. The second-order valence-corrected chi connectivity index (χ2v) is 7.39. The number of thiazole rings is 1. The average Bonchev–Trinajstić information content (AvgIpc) is 3.31. The number of aromatic nitrogens is 1. The Hall–Kier alpha value is -2.39. The van der Waals surface area contributed by atoms with Gasteiger partial charge in [-0.3, -0.25) is 9.59 Å². The fraction of sp³-hybridized carbons (Fsp3) is 0.278. The number of hydrogen-bond acceptors (Lipinski definition) is 4. The minimum atomic E-state index is -4.51. The Morgan fingerprint density at radius 3 is 2.82 bits per heavy atom. The van der Waals surface area contributed by atoms with Crippen LogP contribution in [-0.2, 0) is 15.8 Å². The Morgan fingerprint density at radius 2 is 2.14 bits per heavy atom. The molecule has 2 heterocycles. The van der Waals surface area contributed by atoms with Gasteiger partial charge in [0.2, 0.25) is 11.8 Å². The lowest BCUT2D eigenvalue weighted by atomic mass is 10.1. The van der Waals surface area contributed by atoms with E-state index in [4.69, 9.17) is 11.6 Å². The summed E-state index contributed by atoms with van der Waals surface area (Å²) in [6.45, 7) is 0.384. The maximum atomic E-state index is 12.8. The number of rotatable bonds is 4. The molecule has 1 aliphatic rings. The van der Waals surface area contributed by atoms with E-state index >= 15 is 0 Å². The lowest BCUT2D eigenvalue weighted by Crippen LogP contribution is -2.42. The van der Waals surface area contributed by atoms with Gasteiger partial charge in [-0.05, 0) is 42.7 Å². The van der Waals surface area contributed by atoms with Gasteiger partial charge in [-0.15, -0.1) is 11.3 Å². The molecule has 1 saturated heterocycles. The van der Waals surface area contributed by atoms with Gasteiger partial charge in [-0.1, -0.05) is 11.6 Å². The normalized spacial score (nSPS) is 17.3. The van der Waals surface area contributed by atoms with Gasteiger partial charge in [0.15, 0.2) is 5.13 Å². The van der Waals surface area contributed by atoms with Crippen LogP contribution in [0.4, 0.5) is 18.3 Å². The molecule has 1 aromatic heterocycles. The maximum absolute atomic E-state index is 12.8. The molecule has 1 N–H and O–H groups in total. The number of carbonyl (C=O) groups is 2. The largest absolute Gasteiger partial charge is 0.416 e. The fourth-order valence-electron chi connectivity index (χ4n) is 2.88. The first-order chi connectivity index (χ1) is 13.3. The number of anilines is 1. The van der Waals surface area contributed by atoms with Gasteiger partial charge in [-0.25, -0.2) is 4.98 Å². The van der Waals surface area contributed by atoms with E-state index in [0.717, 1.165) is 24.3 Å². The number of hydrogen-bond donors (Lipinski definition) is 1. The zero-order valence-corrected chi connectivity index (χ0v) is 15.9. The quantitative estimate of drug-likeness (QED) is 0.730. The highest BCUT2D eigenvalue weighted by Crippen LogP contribution is 2.32. The van der Waals surface area contributed by atoms with Crippen LogP contribution in [0.5, 0.6) is 0 Å². The third kappa shape index (κ3) is 4.71. The van der Waals surface area contributed by atoms with Crippen LogP contribution in [0.25, 0.3) is 6.08 Å². The van der Waals surface area contributed by atoms with Crippen LogP contribution in [-0.4, -0.2) is 34.3 Å². The minimum absolute atomic E-state index is 0.0767. The van der Waals surface area contributed by atoms with Crippen LogP contribution in [0.15, 0.2) is 35.9 Å². The predicted molar refractivity (Wildman–Crippen MR) is 101 cm³/mol. The molecule has 148 valence electrons. The second-order valence-electron chi connectivity index (χ2n) is 6.08. The van der Waals surface area contributed by atoms with E-state index in [1.165, 1.54) is 22.3 Å². The number of nitrogens with one attached hydrogen (secondary N) is 1. The van der Waals surface area contributed by atoms with Crippen molar-refractivity contribution in [2.45, 2.75) is 25.1 Å². The molecule has 0 bridgehead atoms. The Kier molecular flexibility index (Phi) is 6.04. The van der Waals surface area contributed by atoms with Gasteiger partial charge < -0.3 is 10.2 Å².